The van der Waals surface area contributed by atoms with Gasteiger partial charge in [0.2, 0.25) is 5.95 Å². The van der Waals surface area contributed by atoms with Gasteiger partial charge in [-0.1, -0.05) is 18.6 Å². The van der Waals surface area contributed by atoms with E-state index in [1.54, 1.807) is 6.07 Å². The maximum atomic E-state index is 13.9. The first-order valence-electron chi connectivity index (χ1n) is 11.4. The van der Waals surface area contributed by atoms with Crippen LogP contribution < -0.4 is 5.32 Å². The van der Waals surface area contributed by atoms with Gasteiger partial charge in [-0.15, -0.1) is 10.2 Å². The third kappa shape index (κ3) is 4.07. The van der Waals surface area contributed by atoms with Crippen LogP contribution in [0.3, 0.4) is 0 Å². The van der Waals surface area contributed by atoms with Crippen LogP contribution in [0.15, 0.2) is 40.2 Å². The molecule has 3 heterocycles. The number of hydrogen-bond donors (Lipinski definition) is 3. The molecule has 1 aliphatic carbocycles. The van der Waals surface area contributed by atoms with E-state index < -0.39 is 5.95 Å². The smallest absolute Gasteiger partial charge is 0.216 e. The SMILES string of the molecule is CCC1=CC(c2c(C)cc(-c3cn[nH]c3F)cc2O)=NN=C(N2CCNC(C3CC3)C2)C1. The number of benzene rings is 1. The number of H-pyrrole nitrogens is 1. The van der Waals surface area contributed by atoms with Gasteiger partial charge in [0.1, 0.15) is 11.6 Å². The van der Waals surface area contributed by atoms with Crippen molar-refractivity contribution in [3.05, 3.63) is 47.1 Å². The Morgan fingerprint density at radius 2 is 2.09 bits per heavy atom. The Morgan fingerprint density at radius 1 is 1.25 bits per heavy atom. The molecule has 0 radical (unpaired) electrons. The molecule has 1 aromatic carbocycles. The molecular weight excluding hydrogens is 407 g/mol. The summed E-state index contributed by atoms with van der Waals surface area (Å²) in [6, 6.07) is 3.94. The zero-order chi connectivity index (χ0) is 22.2. The molecule has 2 fully saturated rings. The van der Waals surface area contributed by atoms with Crippen LogP contribution in [0.1, 0.15) is 43.7 Å². The number of rotatable bonds is 4. The van der Waals surface area contributed by atoms with E-state index >= 15 is 0 Å². The van der Waals surface area contributed by atoms with E-state index in [1.165, 1.54) is 24.6 Å². The summed E-state index contributed by atoms with van der Waals surface area (Å²) >= 11 is 0. The van der Waals surface area contributed by atoms with Crippen molar-refractivity contribution >= 4 is 11.5 Å². The average Bonchev–Trinajstić information content (AvgIpc) is 3.58. The van der Waals surface area contributed by atoms with E-state index in [0.29, 0.717) is 28.4 Å². The van der Waals surface area contributed by atoms with Crippen molar-refractivity contribution in [3.63, 3.8) is 0 Å². The number of aromatic amines is 1. The first-order chi connectivity index (χ1) is 15.5. The molecule has 5 rings (SSSR count). The number of phenolic OH excluding ortho intramolecular Hbond substituents is 1. The van der Waals surface area contributed by atoms with Crippen LogP contribution in [0.4, 0.5) is 4.39 Å². The Bertz CT molecular complexity index is 1090. The van der Waals surface area contributed by atoms with Gasteiger partial charge in [0.25, 0.3) is 0 Å². The number of phenols is 1. The van der Waals surface area contributed by atoms with Gasteiger partial charge in [-0.25, -0.2) is 0 Å². The topological polar surface area (TPSA) is 88.9 Å². The lowest BCUT2D eigenvalue weighted by molar-refractivity contribution is 0.269. The van der Waals surface area contributed by atoms with Crippen LogP contribution in [0.5, 0.6) is 5.75 Å². The van der Waals surface area contributed by atoms with Crippen molar-refractivity contribution in [1.82, 2.24) is 20.4 Å². The highest BCUT2D eigenvalue weighted by Gasteiger charge is 2.35. The van der Waals surface area contributed by atoms with Crippen molar-refractivity contribution in [1.29, 1.82) is 0 Å². The monoisotopic (exact) mass is 436 g/mol. The minimum absolute atomic E-state index is 0.0562. The van der Waals surface area contributed by atoms with Crippen LogP contribution >= 0.6 is 0 Å². The first-order valence-corrected chi connectivity index (χ1v) is 11.4. The molecule has 0 bridgehead atoms. The van der Waals surface area contributed by atoms with E-state index in [0.717, 1.165) is 49.8 Å². The fourth-order valence-corrected chi connectivity index (χ4v) is 4.70. The summed E-state index contributed by atoms with van der Waals surface area (Å²) in [6.45, 7) is 6.90. The molecule has 1 saturated heterocycles. The maximum absolute atomic E-state index is 13.9. The van der Waals surface area contributed by atoms with Crippen LogP contribution in [0, 0.1) is 18.8 Å². The number of hydrogen-bond acceptors (Lipinski definition) is 6. The van der Waals surface area contributed by atoms with E-state index in [1.807, 2.05) is 19.1 Å². The number of aromatic nitrogens is 2. The molecule has 168 valence electrons. The summed E-state index contributed by atoms with van der Waals surface area (Å²) in [6.07, 6.45) is 7.74. The number of aryl methyl sites for hydroxylation is 1. The lowest BCUT2D eigenvalue weighted by Gasteiger charge is -2.35. The highest BCUT2D eigenvalue weighted by atomic mass is 19.1. The second kappa shape index (κ2) is 8.50. The maximum Gasteiger partial charge on any atom is 0.216 e. The van der Waals surface area contributed by atoms with Crippen LogP contribution in [-0.2, 0) is 0 Å². The van der Waals surface area contributed by atoms with Crippen LogP contribution in [0.2, 0.25) is 0 Å². The standard InChI is InChI=1S/C24H29FN6O/c1-3-15-9-19(23-14(2)8-17(11-21(23)32)18-12-27-30-24(18)25)28-29-22(10-15)31-7-6-26-20(13-31)16-4-5-16/h8-9,11-12,16,20,26,32H,3-7,10,13H2,1-2H3,(H,27,30). The van der Waals surface area contributed by atoms with E-state index in [4.69, 9.17) is 0 Å². The number of allylic oxidation sites excluding steroid dienone is 1. The molecule has 3 N–H and O–H groups in total. The molecule has 1 aromatic heterocycles. The third-order valence-electron chi connectivity index (χ3n) is 6.69. The molecule has 8 heteroatoms. The van der Waals surface area contributed by atoms with E-state index in [9.17, 15) is 9.50 Å². The van der Waals surface area contributed by atoms with Gasteiger partial charge < -0.3 is 15.3 Å². The Kier molecular flexibility index (Phi) is 5.55. The van der Waals surface area contributed by atoms with Gasteiger partial charge in [0, 0.05) is 37.7 Å². The van der Waals surface area contributed by atoms with Gasteiger partial charge in [-0.05, 0) is 55.4 Å². The summed E-state index contributed by atoms with van der Waals surface area (Å²) in [5, 5.41) is 29.8. The fourth-order valence-electron chi connectivity index (χ4n) is 4.70. The molecule has 1 saturated carbocycles. The summed E-state index contributed by atoms with van der Waals surface area (Å²) in [4.78, 5) is 2.37. The molecule has 2 aromatic rings. The summed E-state index contributed by atoms with van der Waals surface area (Å²) in [7, 11) is 0. The van der Waals surface area contributed by atoms with E-state index in [2.05, 4.69) is 37.5 Å². The highest BCUT2D eigenvalue weighted by Crippen LogP contribution is 2.35. The first kappa shape index (κ1) is 20.9. The number of nitrogens with one attached hydrogen (secondary N) is 2. The van der Waals surface area contributed by atoms with Crippen molar-refractivity contribution in [2.75, 3.05) is 19.6 Å². The average molecular weight is 437 g/mol. The van der Waals surface area contributed by atoms with Gasteiger partial charge in [-0.2, -0.15) is 9.49 Å². The third-order valence-corrected chi connectivity index (χ3v) is 6.69. The van der Waals surface area contributed by atoms with Gasteiger partial charge >= 0.3 is 0 Å². The zero-order valence-corrected chi connectivity index (χ0v) is 18.5. The predicted molar refractivity (Wildman–Crippen MR) is 123 cm³/mol. The fraction of sp³-hybridized carbons (Fsp3) is 0.458. The quantitative estimate of drug-likeness (QED) is 0.681. The molecule has 1 unspecified atom stereocenters. The second-order valence-corrected chi connectivity index (χ2v) is 8.96. The summed E-state index contributed by atoms with van der Waals surface area (Å²) < 4.78 is 13.9. The van der Waals surface area contributed by atoms with Crippen LogP contribution in [0.25, 0.3) is 11.1 Å². The van der Waals surface area contributed by atoms with Gasteiger partial charge in [0.15, 0.2) is 0 Å². The second-order valence-electron chi connectivity index (χ2n) is 8.96. The molecular formula is C24H29FN6O. The van der Waals surface area contributed by atoms with Crippen molar-refractivity contribution in [2.45, 2.75) is 45.6 Å². The van der Waals surface area contributed by atoms with Crippen molar-refractivity contribution in [2.24, 2.45) is 16.1 Å². The normalized spacial score (nSPS) is 21.7. The Morgan fingerprint density at radius 3 is 2.78 bits per heavy atom. The number of amidine groups is 1. The minimum atomic E-state index is -0.522. The Hall–Kier alpha value is -3.00. The number of aromatic hydroxyl groups is 1. The zero-order valence-electron chi connectivity index (χ0n) is 18.5. The number of nitrogens with zero attached hydrogens (tertiary/aromatic N) is 4. The minimum Gasteiger partial charge on any atom is -0.507 e. The molecule has 32 heavy (non-hydrogen) atoms. The van der Waals surface area contributed by atoms with Crippen molar-refractivity contribution < 1.29 is 9.50 Å². The number of piperazine rings is 1. The van der Waals surface area contributed by atoms with E-state index in [-0.39, 0.29) is 5.75 Å². The molecule has 7 nitrogen and oxygen atoms in total. The largest absolute Gasteiger partial charge is 0.507 e. The molecule has 2 aliphatic heterocycles. The highest BCUT2D eigenvalue weighted by molar-refractivity contribution is 6.13. The summed E-state index contributed by atoms with van der Waals surface area (Å²) in [5.41, 5.74) is 4.20. The van der Waals surface area contributed by atoms with Gasteiger partial charge in [0.05, 0.1) is 17.5 Å². The lowest BCUT2D eigenvalue weighted by atomic mass is 9.95. The molecule has 3 aliphatic rings. The Labute approximate surface area is 187 Å². The molecule has 1 atom stereocenters. The summed E-state index contributed by atoms with van der Waals surface area (Å²) in [5.74, 6) is 1.32. The molecule has 0 spiro atoms. The predicted octanol–water partition coefficient (Wildman–Crippen LogP) is 3.76. The molecule has 0 amide bonds. The number of halogens is 1. The van der Waals surface area contributed by atoms with Crippen molar-refractivity contribution in [3.8, 4) is 16.9 Å². The lowest BCUT2D eigenvalue weighted by Crippen LogP contribution is -2.53. The van der Waals surface area contributed by atoms with Gasteiger partial charge in [-0.3, -0.25) is 5.10 Å². The van der Waals surface area contributed by atoms with Crippen LogP contribution in [-0.4, -0.2) is 57.4 Å². The Balaban J connectivity index is 1.48.